The van der Waals surface area contributed by atoms with Crippen LogP contribution in [-0.2, 0) is 22.6 Å². The fourth-order valence-electron chi connectivity index (χ4n) is 2.42. The topological polar surface area (TPSA) is 104 Å². The zero-order valence-electron chi connectivity index (χ0n) is 14.5. The van der Waals surface area contributed by atoms with Gasteiger partial charge in [0.15, 0.2) is 5.76 Å². The van der Waals surface area contributed by atoms with Crippen molar-refractivity contribution in [2.24, 2.45) is 0 Å². The number of esters is 1. The maximum Gasteiger partial charge on any atom is 0.306 e. The molecule has 0 spiro atoms. The zero-order valence-corrected chi connectivity index (χ0v) is 15.3. The average molecular weight is 400 g/mol. The lowest BCUT2D eigenvalue weighted by atomic mass is 10.2. The van der Waals surface area contributed by atoms with E-state index in [1.807, 2.05) is 0 Å². The Kier molecular flexibility index (Phi) is 5.20. The maximum absolute atomic E-state index is 11.9. The van der Waals surface area contributed by atoms with E-state index in [1.54, 1.807) is 42.5 Å². The van der Waals surface area contributed by atoms with Crippen molar-refractivity contribution in [1.82, 2.24) is 15.3 Å². The third kappa shape index (κ3) is 4.29. The number of nitrogens with zero attached hydrogens (tertiary/aromatic N) is 3. The number of furan rings is 1. The minimum Gasteiger partial charge on any atom is -0.461 e. The summed E-state index contributed by atoms with van der Waals surface area (Å²) in [5, 5.41) is 8.37. The highest BCUT2D eigenvalue weighted by Gasteiger charge is 2.13. The number of hydrogen-bond acceptors (Lipinski definition) is 8. The molecule has 4 aromatic rings. The molecular weight excluding hydrogens is 386 g/mol. The minimum atomic E-state index is -0.409. The summed E-state index contributed by atoms with van der Waals surface area (Å²) >= 11 is 5.86. The van der Waals surface area contributed by atoms with Crippen molar-refractivity contribution < 1.29 is 23.0 Å². The zero-order chi connectivity index (χ0) is 19.3. The number of aryl methyl sites for hydroxylation is 1. The Morgan fingerprint density at radius 1 is 1.07 bits per heavy atom. The molecule has 0 aliphatic rings. The van der Waals surface area contributed by atoms with E-state index in [2.05, 4.69) is 15.3 Å². The average Bonchev–Trinajstić information content (AvgIpc) is 3.46. The first-order valence-corrected chi connectivity index (χ1v) is 8.79. The second-order valence-corrected chi connectivity index (χ2v) is 6.28. The largest absolute Gasteiger partial charge is 0.461 e. The predicted octanol–water partition coefficient (Wildman–Crippen LogP) is 4.31. The van der Waals surface area contributed by atoms with Crippen molar-refractivity contribution in [3.63, 3.8) is 0 Å². The number of hydrogen-bond donors (Lipinski definition) is 0. The predicted molar refractivity (Wildman–Crippen MR) is 97.1 cm³/mol. The van der Waals surface area contributed by atoms with E-state index in [9.17, 15) is 4.79 Å². The molecule has 0 atom stereocenters. The summed E-state index contributed by atoms with van der Waals surface area (Å²) in [6.45, 7) is 0.00288. The second kappa shape index (κ2) is 8.10. The van der Waals surface area contributed by atoms with Gasteiger partial charge in [-0.2, -0.15) is 4.98 Å². The molecule has 142 valence electrons. The molecule has 0 bridgehead atoms. The van der Waals surface area contributed by atoms with Gasteiger partial charge in [-0.05, 0) is 36.4 Å². The quantitative estimate of drug-likeness (QED) is 0.423. The Hall–Kier alpha value is -3.39. The van der Waals surface area contributed by atoms with Gasteiger partial charge in [-0.15, -0.1) is 0 Å². The Labute approximate surface area is 164 Å². The van der Waals surface area contributed by atoms with Gasteiger partial charge in [0.2, 0.25) is 17.5 Å². The smallest absolute Gasteiger partial charge is 0.306 e. The summed E-state index contributed by atoms with van der Waals surface area (Å²) in [7, 11) is 0. The number of benzene rings is 1. The van der Waals surface area contributed by atoms with Crippen molar-refractivity contribution in [2.75, 3.05) is 0 Å². The van der Waals surface area contributed by atoms with Crippen LogP contribution in [0.1, 0.15) is 18.0 Å². The van der Waals surface area contributed by atoms with Crippen LogP contribution in [0.4, 0.5) is 0 Å². The molecule has 1 aromatic carbocycles. The summed E-state index contributed by atoms with van der Waals surface area (Å²) in [5.74, 6) is 1.40. The van der Waals surface area contributed by atoms with Crippen LogP contribution in [0, 0.1) is 0 Å². The summed E-state index contributed by atoms with van der Waals surface area (Å²) in [5.41, 5.74) is 1.27. The van der Waals surface area contributed by atoms with E-state index in [-0.39, 0.29) is 19.4 Å². The van der Waals surface area contributed by atoms with Crippen LogP contribution in [0.2, 0.25) is 5.02 Å². The molecule has 8 nitrogen and oxygen atoms in total. The highest BCUT2D eigenvalue weighted by molar-refractivity contribution is 6.30. The molecule has 3 aromatic heterocycles. The summed E-state index contributed by atoms with van der Waals surface area (Å²) in [4.78, 5) is 16.2. The number of aromatic nitrogens is 3. The molecule has 0 amide bonds. The fraction of sp³-hybridized carbons (Fsp3) is 0.158. The number of rotatable bonds is 7. The van der Waals surface area contributed by atoms with Gasteiger partial charge in [-0.3, -0.25) is 4.79 Å². The van der Waals surface area contributed by atoms with Crippen LogP contribution in [-0.4, -0.2) is 21.3 Å². The summed E-state index contributed by atoms with van der Waals surface area (Å²) < 4.78 is 20.7. The monoisotopic (exact) mass is 399 g/mol. The molecule has 0 aliphatic carbocycles. The van der Waals surface area contributed by atoms with E-state index in [1.165, 1.54) is 6.26 Å². The Morgan fingerprint density at radius 3 is 2.71 bits per heavy atom. The first-order valence-electron chi connectivity index (χ1n) is 8.41. The lowest BCUT2D eigenvalue weighted by Gasteiger charge is -2.00. The third-order valence-electron chi connectivity index (χ3n) is 3.82. The number of halogens is 1. The van der Waals surface area contributed by atoms with Crippen LogP contribution >= 0.6 is 11.6 Å². The molecule has 0 unspecified atom stereocenters. The van der Waals surface area contributed by atoms with Crippen LogP contribution < -0.4 is 0 Å². The molecule has 0 N–H and O–H groups in total. The molecule has 9 heteroatoms. The molecule has 0 aliphatic heterocycles. The van der Waals surface area contributed by atoms with E-state index >= 15 is 0 Å². The van der Waals surface area contributed by atoms with E-state index in [0.717, 1.165) is 5.56 Å². The first kappa shape index (κ1) is 18.0. The van der Waals surface area contributed by atoms with Gasteiger partial charge in [0.25, 0.3) is 0 Å². The van der Waals surface area contributed by atoms with Crippen LogP contribution in [0.15, 0.2) is 62.2 Å². The molecule has 28 heavy (non-hydrogen) atoms. The fourth-order valence-corrected chi connectivity index (χ4v) is 2.55. The highest BCUT2D eigenvalue weighted by Crippen LogP contribution is 2.21. The van der Waals surface area contributed by atoms with E-state index < -0.39 is 5.97 Å². The maximum atomic E-state index is 11.9. The molecule has 0 saturated heterocycles. The molecule has 0 radical (unpaired) electrons. The second-order valence-electron chi connectivity index (χ2n) is 5.84. The Morgan fingerprint density at radius 2 is 1.93 bits per heavy atom. The molecule has 3 heterocycles. The molecular formula is C19H14ClN3O5. The number of carbonyl (C=O) groups is 1. The molecule has 4 rings (SSSR count). The van der Waals surface area contributed by atoms with Crippen molar-refractivity contribution >= 4 is 17.6 Å². The Bertz CT molecular complexity index is 1050. The normalized spacial score (nSPS) is 10.9. The van der Waals surface area contributed by atoms with Gasteiger partial charge in [0, 0.05) is 23.1 Å². The SMILES string of the molecule is O=C(CCc1nc(-c2ccc(Cl)cc2)no1)OCc1cc(-c2ccco2)on1. The van der Waals surface area contributed by atoms with Gasteiger partial charge in [-0.25, -0.2) is 0 Å². The number of ether oxygens (including phenoxy) is 1. The molecule has 0 fully saturated rings. The van der Waals surface area contributed by atoms with Crippen molar-refractivity contribution in [2.45, 2.75) is 19.4 Å². The Balaban J connectivity index is 1.26. The van der Waals surface area contributed by atoms with Crippen molar-refractivity contribution in [1.29, 1.82) is 0 Å². The summed E-state index contributed by atoms with van der Waals surface area (Å²) in [6.07, 6.45) is 1.91. The third-order valence-corrected chi connectivity index (χ3v) is 4.07. The lowest BCUT2D eigenvalue weighted by molar-refractivity contribution is -0.145. The van der Waals surface area contributed by atoms with Crippen molar-refractivity contribution in [3.05, 3.63) is 65.3 Å². The van der Waals surface area contributed by atoms with E-state index in [0.29, 0.717) is 34.0 Å². The summed E-state index contributed by atoms with van der Waals surface area (Å²) in [6, 6.07) is 12.2. The standard InChI is InChI=1S/C19H14ClN3O5/c20-13-5-3-12(4-6-13)19-21-17(28-23-19)7-8-18(24)26-11-14-10-16(27-22-14)15-2-1-9-25-15/h1-6,9-10H,7-8,11H2. The van der Waals surface area contributed by atoms with Crippen LogP contribution in [0.3, 0.4) is 0 Å². The van der Waals surface area contributed by atoms with Gasteiger partial charge in [0.05, 0.1) is 12.7 Å². The van der Waals surface area contributed by atoms with Gasteiger partial charge in [-0.1, -0.05) is 21.9 Å². The van der Waals surface area contributed by atoms with Crippen LogP contribution in [0.25, 0.3) is 22.9 Å². The first-order chi connectivity index (χ1) is 13.7. The molecule has 0 saturated carbocycles. The number of carbonyl (C=O) groups excluding carboxylic acids is 1. The lowest BCUT2D eigenvalue weighted by Crippen LogP contribution is -2.06. The van der Waals surface area contributed by atoms with E-state index in [4.69, 9.17) is 29.8 Å². The highest BCUT2D eigenvalue weighted by atomic mass is 35.5. The van der Waals surface area contributed by atoms with Crippen LogP contribution in [0.5, 0.6) is 0 Å². The van der Waals surface area contributed by atoms with Gasteiger partial charge < -0.3 is 18.2 Å². The van der Waals surface area contributed by atoms with Crippen molar-refractivity contribution in [3.8, 4) is 22.9 Å². The minimum absolute atomic E-state index is 0.00288. The van der Waals surface area contributed by atoms with Gasteiger partial charge in [0.1, 0.15) is 12.3 Å². The van der Waals surface area contributed by atoms with Gasteiger partial charge >= 0.3 is 5.97 Å².